The molecule has 0 spiro atoms. The molecule has 48 heavy (non-hydrogen) atoms. The van der Waals surface area contributed by atoms with Gasteiger partial charge in [-0.25, -0.2) is 0 Å². The van der Waals surface area contributed by atoms with Gasteiger partial charge in [-0.2, -0.15) is 0 Å². The van der Waals surface area contributed by atoms with E-state index >= 15 is 0 Å². The summed E-state index contributed by atoms with van der Waals surface area (Å²) in [4.78, 5) is 0. The first-order valence-corrected chi connectivity index (χ1v) is 18.4. The van der Waals surface area contributed by atoms with Crippen LogP contribution in [0, 0.1) is 0 Å². The predicted molar refractivity (Wildman–Crippen MR) is 205 cm³/mol. The molecule has 0 radical (unpaired) electrons. The summed E-state index contributed by atoms with van der Waals surface area (Å²) in [5, 5.41) is 8.01. The maximum atomic E-state index is 2.54. The molecule has 0 atom stereocenters. The number of hydrogen-bond acceptors (Lipinski definition) is 0. The molecule has 11 rings (SSSR count). The predicted octanol–water partition coefficient (Wildman–Crippen LogP) is 11.6. The van der Waals surface area contributed by atoms with Crippen molar-refractivity contribution < 1.29 is 0 Å². The Kier molecular flexibility index (Phi) is 5.22. The fourth-order valence-electron chi connectivity index (χ4n) is 8.80. The van der Waals surface area contributed by atoms with Crippen LogP contribution in [0.4, 0.5) is 0 Å². The van der Waals surface area contributed by atoms with Crippen LogP contribution in [0.2, 0.25) is 0 Å². The van der Waals surface area contributed by atoms with Crippen LogP contribution in [0.5, 0.6) is 0 Å². The summed E-state index contributed by atoms with van der Waals surface area (Å²) in [6.07, 6.45) is 0. The third-order valence-electron chi connectivity index (χ3n) is 10.9. The first kappa shape index (κ1) is 26.7. The van der Waals surface area contributed by atoms with E-state index in [2.05, 4.69) is 169 Å². The van der Waals surface area contributed by atoms with Crippen molar-refractivity contribution in [1.29, 1.82) is 0 Å². The summed E-state index contributed by atoms with van der Waals surface area (Å²) in [5.41, 5.74) is 13.0. The van der Waals surface area contributed by atoms with Gasteiger partial charge in [0.2, 0.25) is 0 Å². The summed E-state index contributed by atoms with van der Waals surface area (Å²) in [5.74, 6) is 0. The summed E-state index contributed by atoms with van der Waals surface area (Å²) >= 11 is 0.251. The van der Waals surface area contributed by atoms with Gasteiger partial charge in [0.05, 0.1) is 0 Å². The van der Waals surface area contributed by atoms with E-state index in [1.165, 1.54) is 96.5 Å². The molecule has 7 aromatic carbocycles. The normalized spacial score (nSPS) is 13.8. The zero-order valence-electron chi connectivity index (χ0n) is 26.7. The fourth-order valence-corrected chi connectivity index (χ4v) is 11.3. The van der Waals surface area contributed by atoms with Crippen LogP contribution in [-0.2, 0) is 5.41 Å². The van der Waals surface area contributed by atoms with Crippen molar-refractivity contribution in [3.05, 3.63) is 157 Å². The van der Waals surface area contributed by atoms with Crippen molar-refractivity contribution in [1.82, 2.24) is 9.13 Å². The van der Waals surface area contributed by atoms with Gasteiger partial charge in [-0.05, 0) is 11.1 Å². The Morgan fingerprint density at radius 2 is 1.06 bits per heavy atom. The monoisotopic (exact) mass is 678 g/mol. The molecule has 0 bridgehead atoms. The van der Waals surface area contributed by atoms with Gasteiger partial charge in [-0.1, -0.05) is 38.1 Å². The Balaban J connectivity index is 1.24. The molecule has 0 unspecified atom stereocenters. The topological polar surface area (TPSA) is 9.86 Å². The molecule has 3 heteroatoms. The van der Waals surface area contributed by atoms with Crippen molar-refractivity contribution in [2.24, 2.45) is 0 Å². The number of hydrogen-bond donors (Lipinski definition) is 0. The second kappa shape index (κ2) is 9.39. The van der Waals surface area contributed by atoms with Crippen LogP contribution in [0.15, 0.2) is 146 Å². The first-order valence-electron chi connectivity index (χ1n) is 16.7. The van der Waals surface area contributed by atoms with E-state index in [4.69, 9.17) is 0 Å². The average Bonchev–Trinajstić information content (AvgIpc) is 3.84. The van der Waals surface area contributed by atoms with Crippen molar-refractivity contribution in [2.45, 2.75) is 19.3 Å². The molecular weight excluding hydrogens is 647 g/mol. The summed E-state index contributed by atoms with van der Waals surface area (Å²) in [7, 11) is 0. The molecule has 3 aromatic heterocycles. The number of para-hydroxylation sites is 2. The van der Waals surface area contributed by atoms with Gasteiger partial charge in [0.15, 0.2) is 0 Å². The Morgan fingerprint density at radius 1 is 0.458 bits per heavy atom. The third-order valence-corrected chi connectivity index (χ3v) is 13.5. The Morgan fingerprint density at radius 3 is 1.85 bits per heavy atom. The molecule has 10 aromatic rings. The van der Waals surface area contributed by atoms with E-state index < -0.39 is 0 Å². The van der Waals surface area contributed by atoms with Crippen LogP contribution < -0.4 is 0 Å². The maximum absolute atomic E-state index is 2.54. The molecule has 0 saturated carbocycles. The van der Waals surface area contributed by atoms with Crippen molar-refractivity contribution in [2.75, 3.05) is 0 Å². The summed E-state index contributed by atoms with van der Waals surface area (Å²) in [6, 6.07) is 54.5. The molecule has 1 aliphatic rings. The van der Waals surface area contributed by atoms with Crippen LogP contribution in [-0.4, -0.2) is 23.6 Å². The summed E-state index contributed by atoms with van der Waals surface area (Å²) in [6.45, 7) is 4.73. The second-order valence-corrected chi connectivity index (χ2v) is 15.9. The number of benzene rings is 7. The zero-order chi connectivity index (χ0) is 31.7. The van der Waals surface area contributed by atoms with Gasteiger partial charge in [0, 0.05) is 0 Å². The van der Waals surface area contributed by atoms with Gasteiger partial charge in [0.1, 0.15) is 0 Å². The standard InChI is InChI=1S/C45H30N2Se/c1-45(2)34-17-7-3-12-28(34)29-23-22-27(26-35(29)45)46-36-18-8-4-14-32(36)42-38(46)24-25-39-43(42)33-15-5-9-19-37(33)47(39)40-20-11-16-31-30-13-6-10-21-41(30)48-44(31)40/h3-26H,1-2H3. The molecule has 0 amide bonds. The third kappa shape index (κ3) is 3.33. The number of fused-ring (bicyclic) bond motifs is 13. The van der Waals surface area contributed by atoms with Gasteiger partial charge < -0.3 is 0 Å². The first-order chi connectivity index (χ1) is 23.6. The summed E-state index contributed by atoms with van der Waals surface area (Å²) < 4.78 is 7.98. The Hall–Kier alpha value is -5.34. The molecule has 2 nitrogen and oxygen atoms in total. The van der Waals surface area contributed by atoms with Crippen molar-refractivity contribution in [3.63, 3.8) is 0 Å². The minimum atomic E-state index is -0.0571. The van der Waals surface area contributed by atoms with E-state index in [1.54, 1.807) is 0 Å². The van der Waals surface area contributed by atoms with Crippen molar-refractivity contribution in [3.8, 4) is 22.5 Å². The molecule has 1 aliphatic carbocycles. The van der Waals surface area contributed by atoms with Gasteiger partial charge in [0.25, 0.3) is 0 Å². The Bertz CT molecular complexity index is 2980. The molecule has 0 saturated heterocycles. The minimum absolute atomic E-state index is 0.0571. The van der Waals surface area contributed by atoms with Crippen LogP contribution >= 0.6 is 0 Å². The van der Waals surface area contributed by atoms with E-state index in [0.29, 0.717) is 0 Å². The number of rotatable bonds is 2. The second-order valence-electron chi connectivity index (χ2n) is 13.7. The zero-order valence-corrected chi connectivity index (χ0v) is 28.4. The number of aromatic nitrogens is 2. The molecule has 226 valence electrons. The molecule has 0 N–H and O–H groups in total. The molecule has 3 heterocycles. The van der Waals surface area contributed by atoms with E-state index in [9.17, 15) is 0 Å². The molecular formula is C45H30N2Se. The van der Waals surface area contributed by atoms with Gasteiger partial charge in [-0.3, -0.25) is 0 Å². The number of nitrogens with zero attached hydrogens (tertiary/aromatic N) is 2. The van der Waals surface area contributed by atoms with E-state index in [-0.39, 0.29) is 19.9 Å². The SMILES string of the molecule is CC1(C)c2ccccc2-c2ccc(-n3c4ccccc4c4c5c6ccccc6n(-c6cccc7c6[se]c6ccccc67)c5ccc43)cc21. The van der Waals surface area contributed by atoms with Crippen LogP contribution in [0.1, 0.15) is 25.0 Å². The van der Waals surface area contributed by atoms with E-state index in [0.717, 1.165) is 0 Å². The van der Waals surface area contributed by atoms with Gasteiger partial charge in [-0.15, -0.1) is 0 Å². The van der Waals surface area contributed by atoms with E-state index in [1.807, 2.05) is 0 Å². The average molecular weight is 678 g/mol. The molecule has 0 aliphatic heterocycles. The van der Waals surface area contributed by atoms with Crippen LogP contribution in [0.25, 0.3) is 85.4 Å². The Labute approximate surface area is 283 Å². The van der Waals surface area contributed by atoms with Gasteiger partial charge >= 0.3 is 236 Å². The fraction of sp³-hybridized carbons (Fsp3) is 0.0667. The molecule has 0 fully saturated rings. The van der Waals surface area contributed by atoms with Crippen molar-refractivity contribution >= 4 is 77.4 Å². The quantitative estimate of drug-likeness (QED) is 0.161. The van der Waals surface area contributed by atoms with Crippen LogP contribution in [0.3, 0.4) is 0 Å².